The highest BCUT2D eigenvalue weighted by Gasteiger charge is 2.37. The maximum atomic E-state index is 15.6. The van der Waals surface area contributed by atoms with E-state index in [1.807, 2.05) is 12.1 Å². The summed E-state index contributed by atoms with van der Waals surface area (Å²) in [6.45, 7) is 12.8. The molecule has 0 radical (unpaired) electrons. The van der Waals surface area contributed by atoms with Gasteiger partial charge in [-0.15, -0.1) is 0 Å². The van der Waals surface area contributed by atoms with Crippen LogP contribution in [0, 0.1) is 29.6 Å². The van der Waals surface area contributed by atoms with Crippen LogP contribution >= 0.6 is 0 Å². The summed E-state index contributed by atoms with van der Waals surface area (Å²) in [5, 5.41) is 0. The molecule has 2 aromatic rings. The van der Waals surface area contributed by atoms with Gasteiger partial charge in [-0.2, -0.15) is 0 Å². The van der Waals surface area contributed by atoms with Gasteiger partial charge in [-0.05, 0) is 111 Å². The zero-order valence-electron chi connectivity index (χ0n) is 26.7. The summed E-state index contributed by atoms with van der Waals surface area (Å²) in [5.74, 6) is 3.25. The average molecular weight is 569 g/mol. The molecule has 2 heteroatoms. The number of carbonyl (C=O) groups is 1. The van der Waals surface area contributed by atoms with Crippen molar-refractivity contribution in [3.8, 4) is 0 Å². The van der Waals surface area contributed by atoms with Gasteiger partial charge in [0.1, 0.15) is 5.67 Å². The normalized spacial score (nSPS) is 30.4. The fraction of sp³-hybridized carbons (Fsp3) is 0.575. The average Bonchev–Trinajstić information content (AvgIpc) is 3.26. The summed E-state index contributed by atoms with van der Waals surface area (Å²) in [7, 11) is 0. The van der Waals surface area contributed by atoms with Crippen LogP contribution in [0.2, 0.25) is 0 Å². The Morgan fingerprint density at radius 2 is 1.69 bits per heavy atom. The number of benzene rings is 2. The van der Waals surface area contributed by atoms with Crippen LogP contribution < -0.4 is 0 Å². The molecule has 0 spiro atoms. The molecular weight excluding hydrogens is 515 g/mol. The third-order valence-electron chi connectivity index (χ3n) is 11.5. The molecule has 0 N–H and O–H groups in total. The van der Waals surface area contributed by atoms with E-state index < -0.39 is 5.67 Å². The van der Waals surface area contributed by atoms with Gasteiger partial charge >= 0.3 is 0 Å². The maximum absolute atomic E-state index is 15.6. The second-order valence-electron chi connectivity index (χ2n) is 14.4. The smallest absolute Gasteiger partial charge is 0.159 e. The number of rotatable bonds is 8. The molecule has 2 fully saturated rings. The highest BCUT2D eigenvalue weighted by atomic mass is 19.1. The van der Waals surface area contributed by atoms with E-state index in [9.17, 15) is 4.79 Å². The molecule has 2 aromatic carbocycles. The predicted octanol–water partition coefficient (Wildman–Crippen LogP) is 11.2. The number of fused-ring (bicyclic) bond motifs is 1. The topological polar surface area (TPSA) is 17.1 Å². The first kappa shape index (κ1) is 31.0. The second-order valence-corrected chi connectivity index (χ2v) is 14.4. The fourth-order valence-corrected chi connectivity index (χ4v) is 8.31. The molecule has 5 rings (SSSR count). The molecule has 0 aromatic heterocycles. The van der Waals surface area contributed by atoms with Crippen molar-refractivity contribution in [2.45, 2.75) is 117 Å². The number of Topliss-reactive ketones (excluding diaryl/α,β-unsaturated/α-hetero) is 1. The van der Waals surface area contributed by atoms with Gasteiger partial charge in [-0.1, -0.05) is 112 Å². The lowest BCUT2D eigenvalue weighted by atomic mass is 9.74. The van der Waals surface area contributed by atoms with Gasteiger partial charge in [0.2, 0.25) is 0 Å². The van der Waals surface area contributed by atoms with Crippen LogP contribution in [0.25, 0.3) is 5.57 Å². The van der Waals surface area contributed by atoms with Gasteiger partial charge in [0.15, 0.2) is 5.78 Å². The molecule has 0 saturated heterocycles. The standard InChI is InChI=1S/C40H53FO/c1-27-19-21-40(41,26-28(27)2)22-20-32-9-8-10-33(14-13-32)23-37-25-36-11-6-7-12-38(36)39(30(4)29(37)3)24-34-15-17-35(18-16-34)31(5)42/h6-7,11-12,15-18,27,29,32-33,37H,2,8-10,13-14,19-26H2,1,3-5H3. The second kappa shape index (κ2) is 13.4. The van der Waals surface area contributed by atoms with E-state index in [4.69, 9.17) is 0 Å². The largest absolute Gasteiger partial charge is 0.295 e. The Balaban J connectivity index is 1.24. The molecule has 0 amide bonds. The van der Waals surface area contributed by atoms with E-state index in [0.717, 1.165) is 55.6 Å². The molecule has 0 aliphatic heterocycles. The Bertz CT molecular complexity index is 1280. The minimum Gasteiger partial charge on any atom is -0.295 e. The summed E-state index contributed by atoms with van der Waals surface area (Å²) in [6.07, 6.45) is 13.9. The lowest BCUT2D eigenvalue weighted by Crippen LogP contribution is -2.30. The van der Waals surface area contributed by atoms with Gasteiger partial charge in [-0.25, -0.2) is 4.39 Å². The van der Waals surface area contributed by atoms with E-state index in [1.165, 1.54) is 66.4 Å². The molecule has 42 heavy (non-hydrogen) atoms. The highest BCUT2D eigenvalue weighted by Crippen LogP contribution is 2.45. The Labute approximate surface area is 255 Å². The number of allylic oxidation sites excluding steroid dienone is 3. The Hall–Kier alpha value is -2.48. The molecule has 6 atom stereocenters. The highest BCUT2D eigenvalue weighted by molar-refractivity contribution is 5.94. The van der Waals surface area contributed by atoms with Gasteiger partial charge < -0.3 is 0 Å². The van der Waals surface area contributed by atoms with E-state index in [-0.39, 0.29) is 5.78 Å². The van der Waals surface area contributed by atoms with E-state index in [1.54, 1.807) is 6.92 Å². The number of carbonyl (C=O) groups excluding carboxylic acids is 1. The van der Waals surface area contributed by atoms with Crippen molar-refractivity contribution in [3.05, 3.63) is 88.5 Å². The number of alkyl halides is 1. The Kier molecular flexibility index (Phi) is 9.91. The van der Waals surface area contributed by atoms with Gasteiger partial charge in [0.05, 0.1) is 0 Å². The molecule has 226 valence electrons. The molecule has 1 nitrogen and oxygen atoms in total. The first-order valence-corrected chi connectivity index (χ1v) is 16.9. The monoisotopic (exact) mass is 568 g/mol. The number of hydrogen-bond donors (Lipinski definition) is 0. The number of hydrogen-bond acceptors (Lipinski definition) is 1. The minimum absolute atomic E-state index is 0.120. The molecule has 0 heterocycles. The van der Waals surface area contributed by atoms with Crippen molar-refractivity contribution in [3.63, 3.8) is 0 Å². The summed E-state index contributed by atoms with van der Waals surface area (Å²) < 4.78 is 15.6. The number of ketones is 1. The maximum Gasteiger partial charge on any atom is 0.159 e. The van der Waals surface area contributed by atoms with Crippen molar-refractivity contribution in [1.29, 1.82) is 0 Å². The summed E-state index contributed by atoms with van der Waals surface area (Å²) in [4.78, 5) is 11.8. The van der Waals surface area contributed by atoms with Crippen LogP contribution in [-0.2, 0) is 12.8 Å². The lowest BCUT2D eigenvalue weighted by Gasteiger charge is -2.35. The Morgan fingerprint density at radius 3 is 2.43 bits per heavy atom. The summed E-state index contributed by atoms with van der Waals surface area (Å²) >= 11 is 0. The van der Waals surface area contributed by atoms with Crippen molar-refractivity contribution in [1.82, 2.24) is 0 Å². The molecule has 3 aliphatic rings. The van der Waals surface area contributed by atoms with E-state index >= 15 is 4.39 Å². The summed E-state index contributed by atoms with van der Waals surface area (Å²) in [5.41, 5.74) is 8.08. The fourth-order valence-electron chi connectivity index (χ4n) is 8.31. The molecular formula is C40H53FO. The molecule has 3 aliphatic carbocycles. The van der Waals surface area contributed by atoms with E-state index in [2.05, 4.69) is 63.7 Å². The van der Waals surface area contributed by atoms with Crippen LogP contribution in [0.5, 0.6) is 0 Å². The van der Waals surface area contributed by atoms with Crippen LogP contribution in [0.1, 0.15) is 125 Å². The van der Waals surface area contributed by atoms with Crippen molar-refractivity contribution in [2.75, 3.05) is 0 Å². The van der Waals surface area contributed by atoms with Crippen LogP contribution in [0.15, 0.2) is 66.3 Å². The summed E-state index contributed by atoms with van der Waals surface area (Å²) in [6, 6.07) is 17.3. The van der Waals surface area contributed by atoms with Gasteiger partial charge in [-0.3, -0.25) is 4.79 Å². The minimum atomic E-state index is -1.00. The quantitative estimate of drug-likeness (QED) is 0.176. The zero-order chi connectivity index (χ0) is 29.9. The van der Waals surface area contributed by atoms with E-state index in [0.29, 0.717) is 30.1 Å². The van der Waals surface area contributed by atoms with Crippen molar-refractivity contribution in [2.24, 2.45) is 29.6 Å². The van der Waals surface area contributed by atoms with Crippen LogP contribution in [0.3, 0.4) is 0 Å². The van der Waals surface area contributed by atoms with Gasteiger partial charge in [0.25, 0.3) is 0 Å². The zero-order valence-corrected chi connectivity index (χ0v) is 26.7. The first-order valence-electron chi connectivity index (χ1n) is 16.9. The van der Waals surface area contributed by atoms with Crippen molar-refractivity contribution >= 4 is 11.4 Å². The third kappa shape index (κ3) is 7.35. The third-order valence-corrected chi connectivity index (χ3v) is 11.5. The SMILES string of the molecule is C=C1CC(F)(CCC2CCCC(CC3Cc4ccccc4C(Cc4ccc(C(C)=O)cc4)=C(C)C3C)CC2)CCC1C. The number of halogens is 1. The molecule has 2 saturated carbocycles. The molecule has 6 unspecified atom stereocenters. The van der Waals surface area contributed by atoms with Crippen LogP contribution in [-0.4, -0.2) is 11.5 Å². The molecule has 0 bridgehead atoms. The lowest BCUT2D eigenvalue weighted by molar-refractivity contribution is 0.0958. The first-order chi connectivity index (χ1) is 20.1. The van der Waals surface area contributed by atoms with Crippen molar-refractivity contribution < 1.29 is 9.18 Å². The predicted molar refractivity (Wildman–Crippen MR) is 175 cm³/mol. The Morgan fingerprint density at radius 1 is 0.976 bits per heavy atom. The van der Waals surface area contributed by atoms with Crippen LogP contribution in [0.4, 0.5) is 4.39 Å². The van der Waals surface area contributed by atoms with Gasteiger partial charge in [0, 0.05) is 12.0 Å².